The number of ether oxygens (including phenoxy) is 1. The van der Waals surface area contributed by atoms with Crippen molar-refractivity contribution in [2.24, 2.45) is 0 Å². The number of benzene rings is 2. The van der Waals surface area contributed by atoms with Crippen LogP contribution in [0.15, 0.2) is 52.3 Å². The molecule has 3 rings (SSSR count). The van der Waals surface area contributed by atoms with Crippen LogP contribution in [0.2, 0.25) is 0 Å². The van der Waals surface area contributed by atoms with Gasteiger partial charge in [0.05, 0.1) is 5.69 Å². The van der Waals surface area contributed by atoms with Gasteiger partial charge in [0.2, 0.25) is 0 Å². The minimum atomic E-state index is -0.456. The SMILES string of the molecule is CCc1ccc(Sc2ccccc2N2CCN(C(=O)OC(C)(C)C)CC2)c(C)c1. The van der Waals surface area contributed by atoms with Gasteiger partial charge < -0.3 is 14.5 Å². The molecular weight excluding hydrogens is 380 g/mol. The maximum atomic E-state index is 12.3. The molecule has 29 heavy (non-hydrogen) atoms. The topological polar surface area (TPSA) is 32.8 Å². The molecule has 0 bridgehead atoms. The number of aryl methyl sites for hydroxylation is 2. The number of rotatable bonds is 4. The molecule has 1 saturated heterocycles. The minimum absolute atomic E-state index is 0.216. The Morgan fingerprint density at radius 2 is 1.72 bits per heavy atom. The van der Waals surface area contributed by atoms with E-state index in [-0.39, 0.29) is 6.09 Å². The summed E-state index contributed by atoms with van der Waals surface area (Å²) in [5.74, 6) is 0. The summed E-state index contributed by atoms with van der Waals surface area (Å²) in [6.07, 6.45) is 0.844. The van der Waals surface area contributed by atoms with Crippen molar-refractivity contribution in [1.82, 2.24) is 4.90 Å². The van der Waals surface area contributed by atoms with E-state index in [2.05, 4.69) is 61.2 Å². The maximum absolute atomic E-state index is 12.3. The molecule has 0 atom stereocenters. The number of nitrogens with zero attached hydrogens (tertiary/aromatic N) is 2. The van der Waals surface area contributed by atoms with Crippen molar-refractivity contribution in [2.45, 2.75) is 56.4 Å². The monoisotopic (exact) mass is 412 g/mol. The third-order valence-electron chi connectivity index (χ3n) is 5.00. The molecule has 0 saturated carbocycles. The van der Waals surface area contributed by atoms with Gasteiger partial charge in [-0.15, -0.1) is 0 Å². The molecule has 1 heterocycles. The van der Waals surface area contributed by atoms with E-state index in [1.165, 1.54) is 26.6 Å². The number of hydrogen-bond donors (Lipinski definition) is 0. The van der Waals surface area contributed by atoms with Gasteiger partial charge in [-0.25, -0.2) is 4.79 Å². The van der Waals surface area contributed by atoms with Crippen molar-refractivity contribution in [3.05, 3.63) is 53.6 Å². The zero-order valence-corrected chi connectivity index (χ0v) is 19.0. The van der Waals surface area contributed by atoms with Gasteiger partial charge in [0.1, 0.15) is 5.60 Å². The van der Waals surface area contributed by atoms with Gasteiger partial charge in [0.25, 0.3) is 0 Å². The fourth-order valence-electron chi connectivity index (χ4n) is 3.43. The van der Waals surface area contributed by atoms with Crippen molar-refractivity contribution >= 4 is 23.5 Å². The van der Waals surface area contributed by atoms with Gasteiger partial charge in [-0.3, -0.25) is 0 Å². The standard InChI is InChI=1S/C24H32N2O2S/c1-6-19-11-12-21(18(2)17-19)29-22-10-8-7-9-20(22)25-13-15-26(16-14-25)23(27)28-24(3,4)5/h7-12,17H,6,13-16H2,1-5H3. The second-order valence-corrected chi connectivity index (χ2v) is 9.56. The minimum Gasteiger partial charge on any atom is -0.444 e. The zero-order chi connectivity index (χ0) is 21.0. The molecule has 0 radical (unpaired) electrons. The van der Waals surface area contributed by atoms with Gasteiger partial charge in [-0.1, -0.05) is 43.0 Å². The summed E-state index contributed by atoms with van der Waals surface area (Å²) >= 11 is 1.82. The molecule has 2 aromatic carbocycles. The van der Waals surface area contributed by atoms with Crippen molar-refractivity contribution in [3.63, 3.8) is 0 Å². The smallest absolute Gasteiger partial charge is 0.410 e. The summed E-state index contributed by atoms with van der Waals surface area (Å²) in [4.78, 5) is 19.1. The second-order valence-electron chi connectivity index (χ2n) is 8.48. The number of anilines is 1. The van der Waals surface area contributed by atoms with Crippen LogP contribution < -0.4 is 4.90 Å². The first-order valence-corrected chi connectivity index (χ1v) is 11.2. The van der Waals surface area contributed by atoms with Crippen LogP contribution in [0.3, 0.4) is 0 Å². The lowest BCUT2D eigenvalue weighted by atomic mass is 10.1. The van der Waals surface area contributed by atoms with E-state index in [9.17, 15) is 4.79 Å². The first-order valence-electron chi connectivity index (χ1n) is 10.4. The number of para-hydroxylation sites is 1. The van der Waals surface area contributed by atoms with E-state index in [0.717, 1.165) is 19.5 Å². The Kier molecular flexibility index (Phi) is 6.78. The molecule has 1 amide bonds. The Labute approximate surface area is 179 Å². The zero-order valence-electron chi connectivity index (χ0n) is 18.2. The summed E-state index contributed by atoms with van der Waals surface area (Å²) in [7, 11) is 0. The highest BCUT2D eigenvalue weighted by molar-refractivity contribution is 7.99. The van der Waals surface area contributed by atoms with Crippen LogP contribution in [-0.2, 0) is 11.2 Å². The number of carbonyl (C=O) groups is 1. The van der Waals surface area contributed by atoms with E-state index in [0.29, 0.717) is 13.1 Å². The molecule has 0 unspecified atom stereocenters. The Balaban J connectivity index is 1.69. The quantitative estimate of drug-likeness (QED) is 0.639. The van der Waals surface area contributed by atoms with Gasteiger partial charge in [0, 0.05) is 36.0 Å². The number of hydrogen-bond acceptors (Lipinski definition) is 4. The second kappa shape index (κ2) is 9.12. The predicted octanol–water partition coefficient (Wildman–Crippen LogP) is 5.77. The van der Waals surface area contributed by atoms with Crippen LogP contribution >= 0.6 is 11.8 Å². The summed E-state index contributed by atoms with van der Waals surface area (Å²) in [6, 6.07) is 15.3. The van der Waals surface area contributed by atoms with Crippen LogP contribution in [0.4, 0.5) is 10.5 Å². The van der Waals surface area contributed by atoms with E-state index < -0.39 is 5.60 Å². The highest BCUT2D eigenvalue weighted by Gasteiger charge is 2.26. The van der Waals surface area contributed by atoms with Crippen LogP contribution in [0.25, 0.3) is 0 Å². The fraction of sp³-hybridized carbons (Fsp3) is 0.458. The van der Waals surface area contributed by atoms with Crippen LogP contribution in [0.5, 0.6) is 0 Å². The number of amides is 1. The van der Waals surface area contributed by atoms with Gasteiger partial charge in [0.15, 0.2) is 0 Å². The van der Waals surface area contributed by atoms with Crippen molar-refractivity contribution in [3.8, 4) is 0 Å². The van der Waals surface area contributed by atoms with Crippen LogP contribution in [-0.4, -0.2) is 42.8 Å². The molecule has 1 aliphatic heterocycles. The Bertz CT molecular complexity index is 852. The highest BCUT2D eigenvalue weighted by Crippen LogP contribution is 2.37. The van der Waals surface area contributed by atoms with Gasteiger partial charge >= 0.3 is 6.09 Å². The average molecular weight is 413 g/mol. The highest BCUT2D eigenvalue weighted by atomic mass is 32.2. The molecular formula is C24H32N2O2S. The number of carbonyl (C=O) groups excluding carboxylic acids is 1. The molecule has 1 fully saturated rings. The van der Waals surface area contributed by atoms with Crippen molar-refractivity contribution < 1.29 is 9.53 Å². The largest absolute Gasteiger partial charge is 0.444 e. The Morgan fingerprint density at radius 3 is 2.34 bits per heavy atom. The lowest BCUT2D eigenvalue weighted by Crippen LogP contribution is -2.50. The van der Waals surface area contributed by atoms with Gasteiger partial charge in [-0.05, 0) is 63.4 Å². The lowest BCUT2D eigenvalue weighted by molar-refractivity contribution is 0.0240. The molecule has 2 aromatic rings. The van der Waals surface area contributed by atoms with Crippen molar-refractivity contribution in [1.29, 1.82) is 0 Å². The van der Waals surface area contributed by atoms with Crippen LogP contribution in [0.1, 0.15) is 38.8 Å². The van der Waals surface area contributed by atoms with Crippen LogP contribution in [0, 0.1) is 6.92 Å². The molecule has 5 heteroatoms. The van der Waals surface area contributed by atoms with E-state index in [1.807, 2.05) is 37.4 Å². The normalized spacial score (nSPS) is 14.8. The molecule has 0 aliphatic carbocycles. The Morgan fingerprint density at radius 1 is 1.03 bits per heavy atom. The first kappa shape index (κ1) is 21.6. The van der Waals surface area contributed by atoms with Crippen molar-refractivity contribution in [2.75, 3.05) is 31.1 Å². The van der Waals surface area contributed by atoms with E-state index in [1.54, 1.807) is 0 Å². The summed E-state index contributed by atoms with van der Waals surface area (Å²) in [6.45, 7) is 13.1. The van der Waals surface area contributed by atoms with E-state index in [4.69, 9.17) is 4.74 Å². The summed E-state index contributed by atoms with van der Waals surface area (Å²) in [5.41, 5.74) is 3.47. The first-order chi connectivity index (χ1) is 13.8. The Hall–Kier alpha value is -2.14. The molecule has 0 aromatic heterocycles. The predicted molar refractivity (Wildman–Crippen MR) is 121 cm³/mol. The summed E-state index contributed by atoms with van der Waals surface area (Å²) in [5, 5.41) is 0. The molecule has 1 aliphatic rings. The maximum Gasteiger partial charge on any atom is 0.410 e. The van der Waals surface area contributed by atoms with Gasteiger partial charge in [-0.2, -0.15) is 0 Å². The fourth-order valence-corrected chi connectivity index (χ4v) is 4.47. The average Bonchev–Trinajstić information content (AvgIpc) is 2.69. The molecule has 4 nitrogen and oxygen atoms in total. The lowest BCUT2D eigenvalue weighted by Gasteiger charge is -2.37. The summed E-state index contributed by atoms with van der Waals surface area (Å²) < 4.78 is 5.52. The third kappa shape index (κ3) is 5.69. The van der Waals surface area contributed by atoms with E-state index >= 15 is 0 Å². The molecule has 0 spiro atoms. The molecule has 156 valence electrons. The number of piperazine rings is 1. The molecule has 0 N–H and O–H groups in total. The third-order valence-corrected chi connectivity index (χ3v) is 6.25.